The fraction of sp³-hybridized carbons (Fsp3) is 0.933. The third-order valence-corrected chi connectivity index (χ3v) is 3.87. The highest BCUT2D eigenvalue weighted by atomic mass is 15.3. The standard InChI is InChI=1S/C15H33N5/c1-4-8-17-15(16-3)18-9-6-7-10-20-13-11-19(5-2)12-14-20/h4-14H2,1-3H3,(H2,16,17,18). The van der Waals surface area contributed by atoms with Crippen LogP contribution in [0.25, 0.3) is 0 Å². The molecule has 0 unspecified atom stereocenters. The van der Waals surface area contributed by atoms with Gasteiger partial charge in [-0.05, 0) is 32.4 Å². The number of nitrogens with one attached hydrogen (secondary N) is 2. The topological polar surface area (TPSA) is 42.9 Å². The average molecular weight is 283 g/mol. The molecule has 0 amide bonds. The Balaban J connectivity index is 1.99. The molecule has 20 heavy (non-hydrogen) atoms. The molecule has 0 atom stereocenters. The molecule has 0 aromatic carbocycles. The van der Waals surface area contributed by atoms with E-state index in [0.717, 1.165) is 25.5 Å². The molecule has 0 bridgehead atoms. The van der Waals surface area contributed by atoms with Gasteiger partial charge in [-0.2, -0.15) is 0 Å². The monoisotopic (exact) mass is 283 g/mol. The quantitative estimate of drug-likeness (QED) is 0.396. The van der Waals surface area contributed by atoms with Gasteiger partial charge >= 0.3 is 0 Å². The van der Waals surface area contributed by atoms with E-state index >= 15 is 0 Å². The number of rotatable bonds is 8. The molecular weight excluding hydrogens is 250 g/mol. The van der Waals surface area contributed by atoms with E-state index < -0.39 is 0 Å². The van der Waals surface area contributed by atoms with Gasteiger partial charge in [-0.3, -0.25) is 4.99 Å². The summed E-state index contributed by atoms with van der Waals surface area (Å²) in [7, 11) is 1.83. The summed E-state index contributed by atoms with van der Waals surface area (Å²) >= 11 is 0. The molecule has 0 radical (unpaired) electrons. The fourth-order valence-corrected chi connectivity index (χ4v) is 2.46. The van der Waals surface area contributed by atoms with E-state index in [0.29, 0.717) is 0 Å². The SMILES string of the molecule is CCCNC(=NC)NCCCCN1CCN(CC)CC1. The Morgan fingerprint density at radius 1 is 0.950 bits per heavy atom. The van der Waals surface area contributed by atoms with Crippen LogP contribution in [0, 0.1) is 0 Å². The summed E-state index contributed by atoms with van der Waals surface area (Å²) in [5, 5.41) is 6.66. The second-order valence-corrected chi connectivity index (χ2v) is 5.41. The first-order chi connectivity index (χ1) is 9.80. The van der Waals surface area contributed by atoms with Crippen LogP contribution in [-0.4, -0.2) is 75.2 Å². The Labute approximate surface area is 124 Å². The zero-order valence-corrected chi connectivity index (χ0v) is 13.6. The van der Waals surface area contributed by atoms with Crippen LogP contribution in [0.3, 0.4) is 0 Å². The van der Waals surface area contributed by atoms with E-state index in [4.69, 9.17) is 0 Å². The molecule has 1 fully saturated rings. The van der Waals surface area contributed by atoms with Crippen LogP contribution in [0.1, 0.15) is 33.1 Å². The maximum absolute atomic E-state index is 4.21. The molecule has 5 nitrogen and oxygen atoms in total. The van der Waals surface area contributed by atoms with Gasteiger partial charge in [0.25, 0.3) is 0 Å². The highest BCUT2D eigenvalue weighted by Gasteiger charge is 2.14. The number of unbranched alkanes of at least 4 members (excludes halogenated alkanes) is 1. The molecule has 0 aliphatic carbocycles. The molecule has 2 N–H and O–H groups in total. The highest BCUT2D eigenvalue weighted by molar-refractivity contribution is 5.79. The minimum atomic E-state index is 0.934. The molecule has 0 aromatic rings. The summed E-state index contributed by atoms with van der Waals surface area (Å²) in [6.07, 6.45) is 3.61. The van der Waals surface area contributed by atoms with Crippen molar-refractivity contribution in [2.75, 3.05) is 59.4 Å². The molecule has 1 saturated heterocycles. The third kappa shape index (κ3) is 7.10. The van der Waals surface area contributed by atoms with Crippen LogP contribution >= 0.6 is 0 Å². The van der Waals surface area contributed by atoms with E-state index in [9.17, 15) is 0 Å². The minimum absolute atomic E-state index is 0.934. The van der Waals surface area contributed by atoms with Crippen molar-refractivity contribution in [3.63, 3.8) is 0 Å². The van der Waals surface area contributed by atoms with E-state index in [1.54, 1.807) is 0 Å². The van der Waals surface area contributed by atoms with Gasteiger partial charge < -0.3 is 20.4 Å². The Morgan fingerprint density at radius 3 is 2.20 bits per heavy atom. The molecule has 1 rings (SSSR count). The molecule has 1 aliphatic rings. The predicted octanol–water partition coefficient (Wildman–Crippen LogP) is 0.979. The number of piperazine rings is 1. The van der Waals surface area contributed by atoms with Gasteiger partial charge in [0.05, 0.1) is 0 Å². The highest BCUT2D eigenvalue weighted by Crippen LogP contribution is 2.02. The summed E-state index contributed by atoms with van der Waals surface area (Å²) < 4.78 is 0. The minimum Gasteiger partial charge on any atom is -0.356 e. The van der Waals surface area contributed by atoms with Crippen LogP contribution in [0.15, 0.2) is 4.99 Å². The number of guanidine groups is 1. The van der Waals surface area contributed by atoms with Gasteiger partial charge in [0, 0.05) is 46.3 Å². The lowest BCUT2D eigenvalue weighted by molar-refractivity contribution is 0.136. The van der Waals surface area contributed by atoms with Crippen molar-refractivity contribution in [2.24, 2.45) is 4.99 Å². The van der Waals surface area contributed by atoms with Crippen LogP contribution in [0.5, 0.6) is 0 Å². The van der Waals surface area contributed by atoms with Crippen molar-refractivity contribution in [2.45, 2.75) is 33.1 Å². The first-order valence-electron chi connectivity index (χ1n) is 8.19. The van der Waals surface area contributed by atoms with Crippen LogP contribution in [0.4, 0.5) is 0 Å². The summed E-state index contributed by atoms with van der Waals surface area (Å²) in [6.45, 7) is 13.8. The molecule has 118 valence electrons. The molecule has 0 saturated carbocycles. The number of aliphatic imine (C=N–C) groups is 1. The smallest absolute Gasteiger partial charge is 0.190 e. The summed E-state index contributed by atoms with van der Waals surface area (Å²) in [5.41, 5.74) is 0. The Bertz CT molecular complexity index is 259. The van der Waals surface area contributed by atoms with Crippen molar-refractivity contribution in [3.05, 3.63) is 0 Å². The van der Waals surface area contributed by atoms with Gasteiger partial charge in [0.1, 0.15) is 0 Å². The predicted molar refractivity (Wildman–Crippen MR) is 87.4 cm³/mol. The molecule has 1 heterocycles. The molecule has 0 spiro atoms. The summed E-state index contributed by atoms with van der Waals surface area (Å²) in [5.74, 6) is 0.934. The summed E-state index contributed by atoms with van der Waals surface area (Å²) in [6, 6.07) is 0. The summed E-state index contributed by atoms with van der Waals surface area (Å²) in [4.78, 5) is 9.33. The van der Waals surface area contributed by atoms with Crippen molar-refractivity contribution in [3.8, 4) is 0 Å². The van der Waals surface area contributed by atoms with Gasteiger partial charge in [-0.25, -0.2) is 0 Å². The number of hydrogen-bond donors (Lipinski definition) is 2. The lowest BCUT2D eigenvalue weighted by Gasteiger charge is -2.34. The number of likely N-dealkylation sites (N-methyl/N-ethyl adjacent to an activating group) is 1. The first kappa shape index (κ1) is 17.2. The second kappa shape index (κ2) is 10.9. The van der Waals surface area contributed by atoms with E-state index in [2.05, 4.69) is 39.3 Å². The van der Waals surface area contributed by atoms with Crippen molar-refractivity contribution < 1.29 is 0 Å². The van der Waals surface area contributed by atoms with Gasteiger partial charge in [-0.1, -0.05) is 13.8 Å². The third-order valence-electron chi connectivity index (χ3n) is 3.87. The maximum Gasteiger partial charge on any atom is 0.190 e. The largest absolute Gasteiger partial charge is 0.356 e. The van der Waals surface area contributed by atoms with Crippen molar-refractivity contribution in [1.82, 2.24) is 20.4 Å². The molecule has 1 aliphatic heterocycles. The molecule has 5 heteroatoms. The zero-order valence-electron chi connectivity index (χ0n) is 13.6. The molecule has 0 aromatic heterocycles. The Hall–Kier alpha value is -0.810. The van der Waals surface area contributed by atoms with E-state index in [1.165, 1.54) is 52.1 Å². The molecular formula is C15H33N5. The number of nitrogens with zero attached hydrogens (tertiary/aromatic N) is 3. The van der Waals surface area contributed by atoms with E-state index in [1.807, 2.05) is 7.05 Å². The zero-order chi connectivity index (χ0) is 14.6. The fourth-order valence-electron chi connectivity index (χ4n) is 2.46. The van der Waals surface area contributed by atoms with Crippen molar-refractivity contribution in [1.29, 1.82) is 0 Å². The second-order valence-electron chi connectivity index (χ2n) is 5.41. The van der Waals surface area contributed by atoms with Crippen LogP contribution in [-0.2, 0) is 0 Å². The van der Waals surface area contributed by atoms with E-state index in [-0.39, 0.29) is 0 Å². The lowest BCUT2D eigenvalue weighted by Crippen LogP contribution is -2.46. The van der Waals surface area contributed by atoms with Crippen LogP contribution < -0.4 is 10.6 Å². The van der Waals surface area contributed by atoms with Gasteiger partial charge in [0.2, 0.25) is 0 Å². The van der Waals surface area contributed by atoms with Gasteiger partial charge in [0.15, 0.2) is 5.96 Å². The number of hydrogen-bond acceptors (Lipinski definition) is 3. The normalized spacial score (nSPS) is 18.2. The Morgan fingerprint density at radius 2 is 1.60 bits per heavy atom. The average Bonchev–Trinajstić information content (AvgIpc) is 2.50. The van der Waals surface area contributed by atoms with Crippen molar-refractivity contribution >= 4 is 5.96 Å². The first-order valence-corrected chi connectivity index (χ1v) is 8.19. The maximum atomic E-state index is 4.21. The van der Waals surface area contributed by atoms with Crippen LogP contribution in [0.2, 0.25) is 0 Å². The lowest BCUT2D eigenvalue weighted by atomic mass is 10.2. The Kier molecular flexibility index (Phi) is 9.41. The van der Waals surface area contributed by atoms with Gasteiger partial charge in [-0.15, -0.1) is 0 Å².